The number of aromatic nitrogens is 1. The van der Waals surface area contributed by atoms with Gasteiger partial charge >= 0.3 is 0 Å². The summed E-state index contributed by atoms with van der Waals surface area (Å²) in [6.07, 6.45) is 6.44. The van der Waals surface area contributed by atoms with Gasteiger partial charge in [-0.1, -0.05) is 18.9 Å². The first-order valence-electron chi connectivity index (χ1n) is 6.32. The average Bonchev–Trinajstić information content (AvgIpc) is 2.39. The highest BCUT2D eigenvalue weighted by Gasteiger charge is 2.37. The van der Waals surface area contributed by atoms with E-state index in [4.69, 9.17) is 0 Å². The van der Waals surface area contributed by atoms with Crippen molar-refractivity contribution in [2.45, 2.75) is 43.8 Å². The SMILES string of the molecule is O=C1NC2CCCCC2NC1c1ccccn1. The molecule has 1 amide bonds. The summed E-state index contributed by atoms with van der Waals surface area (Å²) in [6.45, 7) is 0. The summed E-state index contributed by atoms with van der Waals surface area (Å²) in [5.74, 6) is 0.0619. The highest BCUT2D eigenvalue weighted by molar-refractivity contribution is 5.84. The van der Waals surface area contributed by atoms with Crippen LogP contribution >= 0.6 is 0 Å². The van der Waals surface area contributed by atoms with E-state index in [0.717, 1.165) is 18.5 Å². The lowest BCUT2D eigenvalue weighted by Gasteiger charge is -2.40. The molecule has 3 unspecified atom stereocenters. The standard InChI is InChI=1S/C13H17N3O/c17-13-12(11-7-3-4-8-14-11)15-9-5-1-2-6-10(9)16-13/h3-4,7-10,12,15H,1-2,5-6H2,(H,16,17). The lowest BCUT2D eigenvalue weighted by atomic mass is 9.87. The molecule has 1 aliphatic heterocycles. The molecule has 2 fully saturated rings. The first-order chi connectivity index (χ1) is 8.34. The van der Waals surface area contributed by atoms with Gasteiger partial charge in [0.2, 0.25) is 5.91 Å². The zero-order valence-electron chi connectivity index (χ0n) is 9.73. The molecular weight excluding hydrogens is 214 g/mol. The predicted octanol–water partition coefficient (Wildman–Crippen LogP) is 1.15. The first-order valence-corrected chi connectivity index (χ1v) is 6.32. The van der Waals surface area contributed by atoms with Crippen molar-refractivity contribution in [2.24, 2.45) is 0 Å². The summed E-state index contributed by atoms with van der Waals surface area (Å²) < 4.78 is 0. The number of hydrogen-bond donors (Lipinski definition) is 2. The van der Waals surface area contributed by atoms with Crippen LogP contribution in [0, 0.1) is 0 Å². The van der Waals surface area contributed by atoms with Gasteiger partial charge in [-0.15, -0.1) is 0 Å². The van der Waals surface area contributed by atoms with E-state index in [1.54, 1.807) is 6.20 Å². The number of fused-ring (bicyclic) bond motifs is 1. The smallest absolute Gasteiger partial charge is 0.243 e. The number of carbonyl (C=O) groups excluding carboxylic acids is 1. The Balaban J connectivity index is 1.80. The molecule has 90 valence electrons. The van der Waals surface area contributed by atoms with Gasteiger partial charge in [0.25, 0.3) is 0 Å². The van der Waals surface area contributed by atoms with E-state index in [1.807, 2.05) is 18.2 Å². The summed E-state index contributed by atoms with van der Waals surface area (Å²) >= 11 is 0. The number of rotatable bonds is 1. The Morgan fingerprint density at radius 3 is 2.76 bits per heavy atom. The zero-order chi connectivity index (χ0) is 11.7. The van der Waals surface area contributed by atoms with Crippen LogP contribution in [0.1, 0.15) is 37.4 Å². The van der Waals surface area contributed by atoms with Crippen molar-refractivity contribution >= 4 is 5.91 Å². The van der Waals surface area contributed by atoms with E-state index >= 15 is 0 Å². The Bertz CT molecular complexity index is 406. The normalized spacial score (nSPS) is 32.7. The van der Waals surface area contributed by atoms with Crippen LogP contribution in [0.25, 0.3) is 0 Å². The predicted molar refractivity (Wildman–Crippen MR) is 64.3 cm³/mol. The summed E-state index contributed by atoms with van der Waals surface area (Å²) in [5, 5.41) is 6.57. The molecule has 2 aliphatic rings. The number of carbonyl (C=O) groups is 1. The monoisotopic (exact) mass is 231 g/mol. The summed E-state index contributed by atoms with van der Waals surface area (Å²) in [5.41, 5.74) is 0.814. The Kier molecular flexibility index (Phi) is 2.81. The molecule has 1 aromatic heterocycles. The summed E-state index contributed by atoms with van der Waals surface area (Å²) in [4.78, 5) is 16.3. The maximum Gasteiger partial charge on any atom is 0.243 e. The number of piperazine rings is 1. The molecule has 0 aromatic carbocycles. The summed E-state index contributed by atoms with van der Waals surface area (Å²) in [6, 6.07) is 6.14. The molecule has 0 bridgehead atoms. The van der Waals surface area contributed by atoms with Gasteiger partial charge in [-0.05, 0) is 25.0 Å². The van der Waals surface area contributed by atoms with Gasteiger partial charge in [0.05, 0.1) is 5.69 Å². The van der Waals surface area contributed by atoms with Gasteiger partial charge in [0.15, 0.2) is 0 Å². The largest absolute Gasteiger partial charge is 0.350 e. The molecule has 1 saturated carbocycles. The van der Waals surface area contributed by atoms with Gasteiger partial charge in [-0.3, -0.25) is 15.1 Å². The van der Waals surface area contributed by atoms with E-state index in [9.17, 15) is 4.79 Å². The van der Waals surface area contributed by atoms with Gasteiger partial charge in [0.1, 0.15) is 6.04 Å². The van der Waals surface area contributed by atoms with Crippen molar-refractivity contribution in [2.75, 3.05) is 0 Å². The lowest BCUT2D eigenvalue weighted by molar-refractivity contribution is -0.127. The Hall–Kier alpha value is -1.42. The third-order valence-electron chi connectivity index (χ3n) is 3.72. The van der Waals surface area contributed by atoms with Crippen LogP contribution in [-0.2, 0) is 4.79 Å². The maximum absolute atomic E-state index is 12.0. The molecule has 4 heteroatoms. The minimum atomic E-state index is -0.282. The number of amides is 1. The van der Waals surface area contributed by atoms with Crippen LogP contribution in [0.15, 0.2) is 24.4 Å². The minimum Gasteiger partial charge on any atom is -0.350 e. The number of nitrogens with zero attached hydrogens (tertiary/aromatic N) is 1. The summed E-state index contributed by atoms with van der Waals surface area (Å²) in [7, 11) is 0. The third-order valence-corrected chi connectivity index (χ3v) is 3.72. The molecular formula is C13H17N3O. The van der Waals surface area contributed by atoms with Crippen LogP contribution in [0.4, 0.5) is 0 Å². The van der Waals surface area contributed by atoms with E-state index in [1.165, 1.54) is 12.8 Å². The molecule has 0 radical (unpaired) electrons. The zero-order valence-corrected chi connectivity index (χ0v) is 9.73. The van der Waals surface area contributed by atoms with Crippen molar-refractivity contribution < 1.29 is 4.79 Å². The molecule has 3 rings (SSSR count). The second-order valence-corrected chi connectivity index (χ2v) is 4.86. The highest BCUT2D eigenvalue weighted by Crippen LogP contribution is 2.25. The molecule has 1 aromatic rings. The fraction of sp³-hybridized carbons (Fsp3) is 0.538. The van der Waals surface area contributed by atoms with Crippen molar-refractivity contribution in [3.05, 3.63) is 30.1 Å². The second kappa shape index (κ2) is 4.45. The van der Waals surface area contributed by atoms with Gasteiger partial charge in [-0.25, -0.2) is 0 Å². The Labute approximate surface area is 101 Å². The van der Waals surface area contributed by atoms with Crippen LogP contribution in [0.5, 0.6) is 0 Å². The maximum atomic E-state index is 12.0. The van der Waals surface area contributed by atoms with Gasteiger partial charge in [0, 0.05) is 18.3 Å². The van der Waals surface area contributed by atoms with Gasteiger partial charge < -0.3 is 5.32 Å². The van der Waals surface area contributed by atoms with E-state index < -0.39 is 0 Å². The molecule has 3 atom stereocenters. The first kappa shape index (κ1) is 10.7. The highest BCUT2D eigenvalue weighted by atomic mass is 16.2. The Morgan fingerprint density at radius 2 is 2.00 bits per heavy atom. The molecule has 17 heavy (non-hydrogen) atoms. The number of nitrogens with one attached hydrogen (secondary N) is 2. The number of hydrogen-bond acceptors (Lipinski definition) is 3. The molecule has 0 spiro atoms. The van der Waals surface area contributed by atoms with E-state index in [2.05, 4.69) is 15.6 Å². The van der Waals surface area contributed by atoms with Crippen molar-refractivity contribution in [3.8, 4) is 0 Å². The number of pyridine rings is 1. The van der Waals surface area contributed by atoms with Crippen molar-refractivity contribution in [3.63, 3.8) is 0 Å². The van der Waals surface area contributed by atoms with E-state index in [0.29, 0.717) is 12.1 Å². The molecule has 2 heterocycles. The lowest BCUT2D eigenvalue weighted by Crippen LogP contribution is -2.61. The molecule has 4 nitrogen and oxygen atoms in total. The van der Waals surface area contributed by atoms with Crippen molar-refractivity contribution in [1.29, 1.82) is 0 Å². The van der Waals surface area contributed by atoms with Crippen LogP contribution in [-0.4, -0.2) is 23.0 Å². The quantitative estimate of drug-likeness (QED) is 0.762. The molecule has 1 saturated heterocycles. The third kappa shape index (κ3) is 2.05. The average molecular weight is 231 g/mol. The molecule has 1 aliphatic carbocycles. The van der Waals surface area contributed by atoms with Crippen LogP contribution in [0.3, 0.4) is 0 Å². The topological polar surface area (TPSA) is 54.0 Å². The fourth-order valence-corrected chi connectivity index (χ4v) is 2.83. The molecule has 2 N–H and O–H groups in total. The van der Waals surface area contributed by atoms with Crippen molar-refractivity contribution in [1.82, 2.24) is 15.6 Å². The fourth-order valence-electron chi connectivity index (χ4n) is 2.83. The Morgan fingerprint density at radius 1 is 1.18 bits per heavy atom. The second-order valence-electron chi connectivity index (χ2n) is 4.86. The van der Waals surface area contributed by atoms with Crippen LogP contribution < -0.4 is 10.6 Å². The van der Waals surface area contributed by atoms with E-state index in [-0.39, 0.29) is 11.9 Å². The minimum absolute atomic E-state index is 0.0619. The van der Waals surface area contributed by atoms with Crippen LogP contribution in [0.2, 0.25) is 0 Å². The van der Waals surface area contributed by atoms with Gasteiger partial charge in [-0.2, -0.15) is 0 Å².